The zero-order chi connectivity index (χ0) is 12.5. The molecule has 1 N–H and O–H groups in total. The summed E-state index contributed by atoms with van der Waals surface area (Å²) in [5.74, 6) is 0.750. The lowest BCUT2D eigenvalue weighted by molar-refractivity contribution is 0.135. The zero-order valence-corrected chi connectivity index (χ0v) is 11.0. The van der Waals surface area contributed by atoms with Crippen LogP contribution < -0.4 is 5.32 Å². The van der Waals surface area contributed by atoms with Gasteiger partial charge >= 0.3 is 0 Å². The average molecular weight is 248 g/mol. The van der Waals surface area contributed by atoms with Crippen molar-refractivity contribution in [3.8, 4) is 0 Å². The summed E-state index contributed by atoms with van der Waals surface area (Å²) in [6.45, 7) is 6.20. The molecular weight excluding hydrogens is 227 g/mol. The van der Waals surface area contributed by atoms with Gasteiger partial charge in [0.1, 0.15) is 5.82 Å². The first-order valence-electron chi connectivity index (χ1n) is 6.94. The van der Waals surface area contributed by atoms with Gasteiger partial charge in [0.05, 0.1) is 0 Å². The maximum Gasteiger partial charge on any atom is 0.123 e. The third-order valence-corrected chi connectivity index (χ3v) is 4.25. The van der Waals surface area contributed by atoms with Crippen LogP contribution in [0.3, 0.4) is 0 Å². The standard InChI is InChI=1S/C15H21FN2/c1-11-2-5-14(16)8-13(11)10-18-7-6-17-9-15(18)12-3-4-12/h2,5,8,12,15,17H,3-4,6-7,9-10H2,1H3. The third kappa shape index (κ3) is 2.57. The van der Waals surface area contributed by atoms with E-state index in [0.29, 0.717) is 6.04 Å². The zero-order valence-electron chi connectivity index (χ0n) is 11.0. The Kier molecular flexibility index (Phi) is 3.35. The summed E-state index contributed by atoms with van der Waals surface area (Å²) >= 11 is 0. The van der Waals surface area contributed by atoms with Crippen molar-refractivity contribution in [3.63, 3.8) is 0 Å². The highest BCUT2D eigenvalue weighted by molar-refractivity contribution is 5.26. The monoisotopic (exact) mass is 248 g/mol. The van der Waals surface area contributed by atoms with E-state index in [0.717, 1.165) is 37.7 Å². The summed E-state index contributed by atoms with van der Waals surface area (Å²) < 4.78 is 13.3. The van der Waals surface area contributed by atoms with E-state index in [1.807, 2.05) is 6.07 Å². The third-order valence-electron chi connectivity index (χ3n) is 4.25. The Bertz CT molecular complexity index is 429. The van der Waals surface area contributed by atoms with Crippen molar-refractivity contribution in [2.24, 2.45) is 5.92 Å². The van der Waals surface area contributed by atoms with Crippen LogP contribution in [0.1, 0.15) is 24.0 Å². The number of hydrogen-bond acceptors (Lipinski definition) is 2. The Morgan fingerprint density at radius 1 is 1.39 bits per heavy atom. The smallest absolute Gasteiger partial charge is 0.123 e. The van der Waals surface area contributed by atoms with E-state index in [1.165, 1.54) is 18.4 Å². The van der Waals surface area contributed by atoms with Crippen LogP contribution in [-0.2, 0) is 6.54 Å². The van der Waals surface area contributed by atoms with Gasteiger partial charge < -0.3 is 5.32 Å². The number of hydrogen-bond donors (Lipinski definition) is 1. The number of nitrogens with one attached hydrogen (secondary N) is 1. The van der Waals surface area contributed by atoms with Crippen molar-refractivity contribution in [1.82, 2.24) is 10.2 Å². The molecule has 2 aliphatic rings. The maximum atomic E-state index is 13.3. The molecule has 0 bridgehead atoms. The van der Waals surface area contributed by atoms with Crippen LogP contribution in [0.4, 0.5) is 4.39 Å². The van der Waals surface area contributed by atoms with Crippen molar-refractivity contribution in [2.75, 3.05) is 19.6 Å². The van der Waals surface area contributed by atoms with E-state index in [4.69, 9.17) is 0 Å². The first-order valence-corrected chi connectivity index (χ1v) is 6.94. The lowest BCUT2D eigenvalue weighted by Gasteiger charge is -2.36. The van der Waals surface area contributed by atoms with Crippen LogP contribution in [0, 0.1) is 18.7 Å². The van der Waals surface area contributed by atoms with Gasteiger partial charge in [0, 0.05) is 32.2 Å². The van der Waals surface area contributed by atoms with Crippen LogP contribution in [0.25, 0.3) is 0 Å². The quantitative estimate of drug-likeness (QED) is 0.883. The fourth-order valence-corrected chi connectivity index (χ4v) is 2.94. The first-order chi connectivity index (χ1) is 8.74. The minimum Gasteiger partial charge on any atom is -0.314 e. The van der Waals surface area contributed by atoms with Gasteiger partial charge in [0.15, 0.2) is 0 Å². The molecule has 0 spiro atoms. The summed E-state index contributed by atoms with van der Waals surface area (Å²) in [7, 11) is 0. The second kappa shape index (κ2) is 4.98. The minimum atomic E-state index is -0.117. The highest BCUT2D eigenvalue weighted by Crippen LogP contribution is 2.36. The highest BCUT2D eigenvalue weighted by atomic mass is 19.1. The first kappa shape index (κ1) is 12.1. The number of halogens is 1. The van der Waals surface area contributed by atoms with Crippen LogP contribution in [-0.4, -0.2) is 30.6 Å². The molecule has 1 aliphatic heterocycles. The summed E-state index contributed by atoms with van der Waals surface area (Å²) in [4.78, 5) is 2.54. The molecule has 1 atom stereocenters. The Balaban J connectivity index is 1.75. The molecule has 1 heterocycles. The Hall–Kier alpha value is -0.930. The van der Waals surface area contributed by atoms with Crippen LogP contribution in [0.15, 0.2) is 18.2 Å². The topological polar surface area (TPSA) is 15.3 Å². The average Bonchev–Trinajstić information content (AvgIpc) is 3.19. The van der Waals surface area contributed by atoms with Gasteiger partial charge in [0.25, 0.3) is 0 Å². The summed E-state index contributed by atoms with van der Waals surface area (Å²) in [5.41, 5.74) is 2.34. The van der Waals surface area contributed by atoms with Gasteiger partial charge in [-0.25, -0.2) is 4.39 Å². The molecule has 3 heteroatoms. The molecule has 2 nitrogen and oxygen atoms in total. The van der Waals surface area contributed by atoms with Gasteiger partial charge in [-0.15, -0.1) is 0 Å². The van der Waals surface area contributed by atoms with Gasteiger partial charge in [-0.2, -0.15) is 0 Å². The molecule has 1 aliphatic carbocycles. The largest absolute Gasteiger partial charge is 0.314 e. The van der Waals surface area contributed by atoms with E-state index in [2.05, 4.69) is 17.1 Å². The lowest BCUT2D eigenvalue weighted by atomic mass is 10.0. The maximum absolute atomic E-state index is 13.3. The molecular formula is C15H21FN2. The van der Waals surface area contributed by atoms with Crippen LogP contribution >= 0.6 is 0 Å². The van der Waals surface area contributed by atoms with Crippen molar-refractivity contribution in [2.45, 2.75) is 32.4 Å². The molecule has 2 fully saturated rings. The van der Waals surface area contributed by atoms with E-state index in [1.54, 1.807) is 12.1 Å². The molecule has 1 aromatic carbocycles. The number of nitrogens with zero attached hydrogens (tertiary/aromatic N) is 1. The molecule has 0 amide bonds. The molecule has 98 valence electrons. The number of benzene rings is 1. The molecule has 3 rings (SSSR count). The SMILES string of the molecule is Cc1ccc(F)cc1CN1CCNCC1C1CC1. The summed E-state index contributed by atoms with van der Waals surface area (Å²) in [6.07, 6.45) is 2.73. The molecule has 0 radical (unpaired) electrons. The lowest BCUT2D eigenvalue weighted by Crippen LogP contribution is -2.51. The normalized spacial score (nSPS) is 25.3. The second-order valence-electron chi connectivity index (χ2n) is 5.65. The Labute approximate surface area is 108 Å². The van der Waals surface area contributed by atoms with E-state index < -0.39 is 0 Å². The summed E-state index contributed by atoms with van der Waals surface area (Å²) in [6, 6.07) is 5.79. The number of rotatable bonds is 3. The predicted molar refractivity (Wildman–Crippen MR) is 70.9 cm³/mol. The van der Waals surface area contributed by atoms with Crippen LogP contribution in [0.5, 0.6) is 0 Å². The van der Waals surface area contributed by atoms with E-state index in [-0.39, 0.29) is 5.82 Å². The predicted octanol–water partition coefficient (Wildman–Crippen LogP) is 2.32. The molecule has 1 saturated heterocycles. The van der Waals surface area contributed by atoms with Gasteiger partial charge in [-0.05, 0) is 48.9 Å². The fraction of sp³-hybridized carbons (Fsp3) is 0.600. The van der Waals surface area contributed by atoms with Crippen molar-refractivity contribution >= 4 is 0 Å². The summed E-state index contributed by atoms with van der Waals surface area (Å²) in [5, 5.41) is 3.48. The number of aryl methyl sites for hydroxylation is 1. The molecule has 1 aromatic rings. The van der Waals surface area contributed by atoms with E-state index >= 15 is 0 Å². The van der Waals surface area contributed by atoms with Gasteiger partial charge in [-0.3, -0.25) is 4.90 Å². The molecule has 1 unspecified atom stereocenters. The minimum absolute atomic E-state index is 0.117. The van der Waals surface area contributed by atoms with Crippen molar-refractivity contribution in [1.29, 1.82) is 0 Å². The molecule has 18 heavy (non-hydrogen) atoms. The molecule has 0 aromatic heterocycles. The highest BCUT2D eigenvalue weighted by Gasteiger charge is 2.36. The second-order valence-corrected chi connectivity index (χ2v) is 5.65. The van der Waals surface area contributed by atoms with Crippen molar-refractivity contribution < 1.29 is 4.39 Å². The van der Waals surface area contributed by atoms with Gasteiger partial charge in [-0.1, -0.05) is 6.07 Å². The van der Waals surface area contributed by atoms with Gasteiger partial charge in [0.2, 0.25) is 0 Å². The Morgan fingerprint density at radius 3 is 3.00 bits per heavy atom. The van der Waals surface area contributed by atoms with E-state index in [9.17, 15) is 4.39 Å². The van der Waals surface area contributed by atoms with Crippen LogP contribution in [0.2, 0.25) is 0 Å². The van der Waals surface area contributed by atoms with Crippen molar-refractivity contribution in [3.05, 3.63) is 35.1 Å². The fourth-order valence-electron chi connectivity index (χ4n) is 2.94. The molecule has 1 saturated carbocycles. The Morgan fingerprint density at radius 2 is 2.22 bits per heavy atom. The number of piperazine rings is 1.